The summed E-state index contributed by atoms with van der Waals surface area (Å²) in [4.78, 5) is 15.1. The molecule has 0 aromatic heterocycles. The molecule has 35 heavy (non-hydrogen) atoms. The monoisotopic (exact) mass is 503 g/mol. The van der Waals surface area contributed by atoms with Gasteiger partial charge in [0.25, 0.3) is 5.91 Å². The first-order valence-electron chi connectivity index (χ1n) is 11.8. The van der Waals surface area contributed by atoms with E-state index >= 15 is 0 Å². The number of thioether (sulfide) groups is 1. The van der Waals surface area contributed by atoms with Crippen LogP contribution in [0.1, 0.15) is 43.7 Å². The fourth-order valence-corrected chi connectivity index (χ4v) is 4.98. The van der Waals surface area contributed by atoms with E-state index in [1.54, 1.807) is 4.90 Å². The number of carbonyl (C=O) groups is 1. The number of carbonyl (C=O) groups excluding carboxylic acids is 1. The Morgan fingerprint density at radius 1 is 0.943 bits per heavy atom. The van der Waals surface area contributed by atoms with Gasteiger partial charge in [-0.3, -0.25) is 9.69 Å². The van der Waals surface area contributed by atoms with Gasteiger partial charge in [0, 0.05) is 6.42 Å². The van der Waals surface area contributed by atoms with E-state index in [4.69, 9.17) is 21.7 Å². The fraction of sp³-hybridized carbons (Fsp3) is 0.241. The van der Waals surface area contributed by atoms with Crippen LogP contribution >= 0.6 is 24.0 Å². The number of thiocarbonyl (C=S) groups is 1. The van der Waals surface area contributed by atoms with Crippen molar-refractivity contribution in [2.24, 2.45) is 0 Å². The van der Waals surface area contributed by atoms with Gasteiger partial charge in [-0.1, -0.05) is 80.3 Å². The number of benzene rings is 3. The Bertz CT molecular complexity index is 1190. The van der Waals surface area contributed by atoms with Gasteiger partial charge in [-0.2, -0.15) is 0 Å². The zero-order chi connectivity index (χ0) is 24.6. The Hall–Kier alpha value is -3.09. The Balaban J connectivity index is 1.28. The minimum atomic E-state index is -0.105. The SMILES string of the molecule is CC[C@H](C)c1ccc(OCCCOc2cccc(/C=C3\SC(=S)N(c4ccccc4)C3=O)c2)cc1. The molecule has 180 valence electrons. The number of ether oxygens (including phenoxy) is 2. The summed E-state index contributed by atoms with van der Waals surface area (Å²) in [6, 6.07) is 25.5. The van der Waals surface area contributed by atoms with E-state index in [1.807, 2.05) is 72.8 Å². The van der Waals surface area contributed by atoms with Crippen molar-refractivity contribution in [3.05, 3.63) is 94.9 Å². The number of rotatable bonds is 10. The average molecular weight is 504 g/mol. The van der Waals surface area contributed by atoms with E-state index in [0.29, 0.717) is 28.4 Å². The molecule has 4 nitrogen and oxygen atoms in total. The molecule has 0 unspecified atom stereocenters. The summed E-state index contributed by atoms with van der Waals surface area (Å²) in [6.45, 7) is 5.57. The highest BCUT2D eigenvalue weighted by molar-refractivity contribution is 8.27. The van der Waals surface area contributed by atoms with E-state index in [-0.39, 0.29) is 5.91 Å². The lowest BCUT2D eigenvalue weighted by atomic mass is 9.99. The van der Waals surface area contributed by atoms with E-state index < -0.39 is 0 Å². The van der Waals surface area contributed by atoms with E-state index in [1.165, 1.54) is 17.3 Å². The highest BCUT2D eigenvalue weighted by Crippen LogP contribution is 2.36. The van der Waals surface area contributed by atoms with Gasteiger partial charge in [0.05, 0.1) is 23.8 Å². The summed E-state index contributed by atoms with van der Waals surface area (Å²) in [5.41, 5.74) is 3.02. The first kappa shape index (κ1) is 25.0. The lowest BCUT2D eigenvalue weighted by molar-refractivity contribution is -0.113. The third-order valence-electron chi connectivity index (χ3n) is 5.85. The number of amides is 1. The van der Waals surface area contributed by atoms with Crippen molar-refractivity contribution in [2.45, 2.75) is 32.6 Å². The molecule has 0 spiro atoms. The summed E-state index contributed by atoms with van der Waals surface area (Å²) in [5.74, 6) is 2.10. The number of hydrogen-bond acceptors (Lipinski definition) is 5. The minimum absolute atomic E-state index is 0.105. The van der Waals surface area contributed by atoms with Crippen molar-refractivity contribution in [2.75, 3.05) is 18.1 Å². The molecule has 0 aliphatic carbocycles. The molecule has 0 saturated carbocycles. The summed E-state index contributed by atoms with van der Waals surface area (Å²) >= 11 is 6.76. The highest BCUT2D eigenvalue weighted by Gasteiger charge is 2.33. The number of nitrogens with zero attached hydrogens (tertiary/aromatic N) is 1. The lowest BCUT2D eigenvalue weighted by Crippen LogP contribution is -2.27. The maximum Gasteiger partial charge on any atom is 0.270 e. The van der Waals surface area contributed by atoms with Gasteiger partial charge in [0.1, 0.15) is 11.5 Å². The molecule has 0 N–H and O–H groups in total. The second kappa shape index (κ2) is 12.0. The second-order valence-corrected chi connectivity index (χ2v) is 10.0. The van der Waals surface area contributed by atoms with Crippen molar-refractivity contribution in [1.82, 2.24) is 0 Å². The van der Waals surface area contributed by atoms with Crippen molar-refractivity contribution in [3.8, 4) is 11.5 Å². The molecule has 3 aromatic carbocycles. The summed E-state index contributed by atoms with van der Waals surface area (Å²) < 4.78 is 12.3. The molecule has 6 heteroatoms. The molecule has 1 amide bonds. The molecule has 4 rings (SSSR count). The van der Waals surface area contributed by atoms with Gasteiger partial charge in [-0.05, 0) is 65.9 Å². The number of anilines is 1. The van der Waals surface area contributed by atoms with Crippen LogP contribution in [0.15, 0.2) is 83.8 Å². The van der Waals surface area contributed by atoms with Gasteiger partial charge in [-0.15, -0.1) is 0 Å². The molecular formula is C29H29NO3S2. The Labute approximate surface area is 216 Å². The van der Waals surface area contributed by atoms with E-state index in [2.05, 4.69) is 26.0 Å². The van der Waals surface area contributed by atoms with Crippen molar-refractivity contribution < 1.29 is 14.3 Å². The first-order valence-corrected chi connectivity index (χ1v) is 13.1. The normalized spacial score (nSPS) is 15.5. The van der Waals surface area contributed by atoms with Crippen molar-refractivity contribution in [3.63, 3.8) is 0 Å². The van der Waals surface area contributed by atoms with Crippen LogP contribution in [0.25, 0.3) is 6.08 Å². The molecule has 1 saturated heterocycles. The lowest BCUT2D eigenvalue weighted by Gasteiger charge is -2.13. The number of hydrogen-bond donors (Lipinski definition) is 0. The van der Waals surface area contributed by atoms with Crippen molar-refractivity contribution in [1.29, 1.82) is 0 Å². The second-order valence-electron chi connectivity index (χ2n) is 8.35. The van der Waals surface area contributed by atoms with Crippen LogP contribution in [-0.2, 0) is 4.79 Å². The van der Waals surface area contributed by atoms with Gasteiger partial charge in [0.2, 0.25) is 0 Å². The maximum atomic E-state index is 12.9. The smallest absolute Gasteiger partial charge is 0.270 e. The van der Waals surface area contributed by atoms with Crippen LogP contribution in [-0.4, -0.2) is 23.4 Å². The highest BCUT2D eigenvalue weighted by atomic mass is 32.2. The van der Waals surface area contributed by atoms with Crippen LogP contribution in [0.4, 0.5) is 5.69 Å². The van der Waals surface area contributed by atoms with Gasteiger partial charge >= 0.3 is 0 Å². The van der Waals surface area contributed by atoms with E-state index in [9.17, 15) is 4.79 Å². The molecule has 1 fully saturated rings. The first-order chi connectivity index (χ1) is 17.0. The summed E-state index contributed by atoms with van der Waals surface area (Å²) in [5, 5.41) is 0. The third kappa shape index (κ3) is 6.53. The zero-order valence-electron chi connectivity index (χ0n) is 20.0. The number of para-hydroxylation sites is 1. The Morgan fingerprint density at radius 3 is 2.37 bits per heavy atom. The third-order valence-corrected chi connectivity index (χ3v) is 7.15. The fourth-order valence-electron chi connectivity index (χ4n) is 3.68. The molecule has 1 atom stereocenters. The van der Waals surface area contributed by atoms with Crippen LogP contribution in [0.5, 0.6) is 11.5 Å². The maximum absolute atomic E-state index is 12.9. The molecule has 0 radical (unpaired) electrons. The van der Waals surface area contributed by atoms with Crippen molar-refractivity contribution >= 4 is 46.0 Å². The predicted octanol–water partition coefficient (Wildman–Crippen LogP) is 7.45. The molecule has 0 bridgehead atoms. The average Bonchev–Trinajstić information content (AvgIpc) is 3.16. The van der Waals surface area contributed by atoms with Crippen LogP contribution in [0.3, 0.4) is 0 Å². The Kier molecular flexibility index (Phi) is 8.61. The van der Waals surface area contributed by atoms with E-state index in [0.717, 1.165) is 35.6 Å². The topological polar surface area (TPSA) is 38.8 Å². The minimum Gasteiger partial charge on any atom is -0.493 e. The van der Waals surface area contributed by atoms with Gasteiger partial charge < -0.3 is 9.47 Å². The van der Waals surface area contributed by atoms with Gasteiger partial charge in [-0.25, -0.2) is 0 Å². The Morgan fingerprint density at radius 2 is 1.66 bits per heavy atom. The quantitative estimate of drug-likeness (QED) is 0.163. The predicted molar refractivity (Wildman–Crippen MR) is 149 cm³/mol. The largest absolute Gasteiger partial charge is 0.493 e. The van der Waals surface area contributed by atoms with Gasteiger partial charge in [0.15, 0.2) is 4.32 Å². The molecule has 1 heterocycles. The molecular weight excluding hydrogens is 474 g/mol. The molecule has 1 aliphatic rings. The van der Waals surface area contributed by atoms with Crippen LogP contribution in [0.2, 0.25) is 0 Å². The molecule has 1 aliphatic heterocycles. The van der Waals surface area contributed by atoms with Crippen LogP contribution in [0, 0.1) is 0 Å². The zero-order valence-corrected chi connectivity index (χ0v) is 21.6. The standard InChI is InChI=1S/C29H29NO3S2/c1-3-21(2)23-13-15-25(16-14-23)32-17-8-18-33-26-12-7-9-22(19-26)20-27-28(31)30(29(34)35-27)24-10-5-4-6-11-24/h4-7,9-16,19-21H,3,8,17-18H2,1-2H3/b27-20-/t21-/m0/s1. The summed E-state index contributed by atoms with van der Waals surface area (Å²) in [6.07, 6.45) is 3.76. The summed E-state index contributed by atoms with van der Waals surface area (Å²) in [7, 11) is 0. The molecule has 3 aromatic rings. The van der Waals surface area contributed by atoms with Crippen LogP contribution < -0.4 is 14.4 Å².